The van der Waals surface area contributed by atoms with Crippen molar-refractivity contribution in [2.75, 3.05) is 22.9 Å². The van der Waals surface area contributed by atoms with Crippen LogP contribution in [0.15, 0.2) is 48.5 Å². The topological polar surface area (TPSA) is 49.9 Å². The van der Waals surface area contributed by atoms with Crippen molar-refractivity contribution in [3.63, 3.8) is 0 Å². The number of benzene rings is 2. The molecule has 1 heterocycles. The van der Waals surface area contributed by atoms with Crippen molar-refractivity contribution in [3.05, 3.63) is 59.7 Å². The second kappa shape index (κ2) is 9.33. The molecule has 1 amide bonds. The molecular formula is C25H32N2O3. The number of ether oxygens (including phenoxy) is 1. The van der Waals surface area contributed by atoms with E-state index in [1.807, 2.05) is 56.0 Å². The Morgan fingerprint density at radius 2 is 1.80 bits per heavy atom. The average molecular weight is 409 g/mol. The van der Waals surface area contributed by atoms with Crippen LogP contribution >= 0.6 is 0 Å². The number of anilines is 2. The molecule has 0 N–H and O–H groups in total. The molecule has 5 nitrogen and oxygen atoms in total. The van der Waals surface area contributed by atoms with E-state index in [0.29, 0.717) is 31.6 Å². The number of carbonyl (C=O) groups is 2. The molecule has 0 radical (unpaired) electrons. The zero-order valence-corrected chi connectivity index (χ0v) is 18.5. The van der Waals surface area contributed by atoms with Crippen LogP contribution in [0.3, 0.4) is 0 Å². The Morgan fingerprint density at radius 1 is 1.07 bits per heavy atom. The lowest BCUT2D eigenvalue weighted by Crippen LogP contribution is -2.37. The van der Waals surface area contributed by atoms with E-state index >= 15 is 0 Å². The molecule has 0 bridgehead atoms. The molecule has 1 saturated heterocycles. The third kappa shape index (κ3) is 5.21. The summed E-state index contributed by atoms with van der Waals surface area (Å²) < 4.78 is 5.71. The van der Waals surface area contributed by atoms with Gasteiger partial charge in [-0.15, -0.1) is 0 Å². The first kappa shape index (κ1) is 21.9. The molecule has 160 valence electrons. The van der Waals surface area contributed by atoms with Crippen LogP contribution in [-0.2, 0) is 16.1 Å². The standard InChI is InChI=1S/C25H32N2O3/c1-5-26(18-19-12-7-6-8-13-19)23-20(24(29)30-25(2,3)4)14-11-15-21(23)27-17-10-9-16-22(27)28/h6-8,11-15H,5,9-10,16-18H2,1-4H3. The number of esters is 1. The summed E-state index contributed by atoms with van der Waals surface area (Å²) in [5, 5.41) is 0. The molecule has 1 fully saturated rings. The van der Waals surface area contributed by atoms with E-state index < -0.39 is 5.60 Å². The van der Waals surface area contributed by atoms with Crippen molar-refractivity contribution in [1.29, 1.82) is 0 Å². The normalized spacial score (nSPS) is 14.5. The van der Waals surface area contributed by atoms with Gasteiger partial charge in [0.25, 0.3) is 0 Å². The minimum Gasteiger partial charge on any atom is -0.456 e. The van der Waals surface area contributed by atoms with Crippen LogP contribution in [0, 0.1) is 0 Å². The van der Waals surface area contributed by atoms with Crippen molar-refractivity contribution in [2.24, 2.45) is 0 Å². The Bertz CT molecular complexity index is 887. The number of hydrogen-bond donors (Lipinski definition) is 0. The first-order chi connectivity index (χ1) is 14.3. The molecule has 2 aromatic carbocycles. The predicted molar refractivity (Wildman–Crippen MR) is 121 cm³/mol. The van der Waals surface area contributed by atoms with Crippen LogP contribution in [0.1, 0.15) is 62.9 Å². The summed E-state index contributed by atoms with van der Waals surface area (Å²) >= 11 is 0. The third-order valence-electron chi connectivity index (χ3n) is 5.16. The summed E-state index contributed by atoms with van der Waals surface area (Å²) in [6.45, 7) is 9.68. The lowest BCUT2D eigenvalue weighted by Gasteiger charge is -2.34. The summed E-state index contributed by atoms with van der Waals surface area (Å²) in [5.41, 5.74) is 2.61. The molecule has 1 aliphatic rings. The highest BCUT2D eigenvalue weighted by Crippen LogP contribution is 2.37. The average Bonchev–Trinajstić information content (AvgIpc) is 2.71. The zero-order valence-electron chi connectivity index (χ0n) is 18.5. The maximum Gasteiger partial charge on any atom is 0.340 e. The maximum absolute atomic E-state index is 13.1. The number of nitrogens with zero attached hydrogens (tertiary/aromatic N) is 2. The van der Waals surface area contributed by atoms with Gasteiger partial charge in [0.1, 0.15) is 5.60 Å². The molecule has 1 aliphatic heterocycles. The Hall–Kier alpha value is -2.82. The van der Waals surface area contributed by atoms with Gasteiger partial charge in [-0.3, -0.25) is 4.79 Å². The van der Waals surface area contributed by atoms with Crippen LogP contribution in [0.4, 0.5) is 11.4 Å². The maximum atomic E-state index is 13.1. The summed E-state index contributed by atoms with van der Waals surface area (Å²) in [4.78, 5) is 29.8. The Kier molecular flexibility index (Phi) is 6.80. The highest BCUT2D eigenvalue weighted by atomic mass is 16.6. The molecular weight excluding hydrogens is 376 g/mol. The molecule has 2 aromatic rings. The van der Waals surface area contributed by atoms with Gasteiger partial charge in [0, 0.05) is 26.1 Å². The summed E-state index contributed by atoms with van der Waals surface area (Å²) in [7, 11) is 0. The van der Waals surface area contributed by atoms with Crippen LogP contribution in [0.25, 0.3) is 0 Å². The SMILES string of the molecule is CCN(Cc1ccccc1)c1c(C(=O)OC(C)(C)C)cccc1N1CCCCC1=O. The number of piperidine rings is 1. The first-order valence-electron chi connectivity index (χ1n) is 10.8. The van der Waals surface area contributed by atoms with Crippen molar-refractivity contribution in [2.45, 2.75) is 59.1 Å². The van der Waals surface area contributed by atoms with Crippen LogP contribution in [0.5, 0.6) is 0 Å². The fraction of sp³-hybridized carbons (Fsp3) is 0.440. The molecule has 30 heavy (non-hydrogen) atoms. The summed E-state index contributed by atoms with van der Waals surface area (Å²) in [6, 6.07) is 15.8. The lowest BCUT2D eigenvalue weighted by atomic mass is 10.0. The van der Waals surface area contributed by atoms with Crippen LogP contribution in [0.2, 0.25) is 0 Å². The molecule has 0 spiro atoms. The van der Waals surface area contributed by atoms with Crippen molar-refractivity contribution >= 4 is 23.3 Å². The lowest BCUT2D eigenvalue weighted by molar-refractivity contribution is -0.119. The molecule has 0 unspecified atom stereocenters. The van der Waals surface area contributed by atoms with E-state index in [4.69, 9.17) is 4.74 Å². The fourth-order valence-corrected chi connectivity index (χ4v) is 3.79. The Balaban J connectivity index is 2.09. The van der Waals surface area contributed by atoms with E-state index in [-0.39, 0.29) is 11.9 Å². The Labute approximate surface area is 179 Å². The summed E-state index contributed by atoms with van der Waals surface area (Å²) in [5.74, 6) is -0.255. The van der Waals surface area contributed by atoms with Crippen molar-refractivity contribution in [3.8, 4) is 0 Å². The second-order valence-electron chi connectivity index (χ2n) is 8.68. The quantitative estimate of drug-likeness (QED) is 0.618. The van der Waals surface area contributed by atoms with E-state index in [2.05, 4.69) is 24.0 Å². The van der Waals surface area contributed by atoms with Gasteiger partial charge in [0.2, 0.25) is 5.91 Å². The van der Waals surface area contributed by atoms with Crippen molar-refractivity contribution < 1.29 is 14.3 Å². The minimum atomic E-state index is -0.595. The highest BCUT2D eigenvalue weighted by Gasteiger charge is 2.29. The van der Waals surface area contributed by atoms with Gasteiger partial charge in [0.05, 0.1) is 16.9 Å². The summed E-state index contributed by atoms with van der Waals surface area (Å²) in [6.07, 6.45) is 2.42. The number of amides is 1. The van der Waals surface area contributed by atoms with Gasteiger partial charge in [-0.2, -0.15) is 0 Å². The highest BCUT2D eigenvalue weighted by molar-refractivity contribution is 6.04. The van der Waals surface area contributed by atoms with E-state index in [9.17, 15) is 9.59 Å². The largest absolute Gasteiger partial charge is 0.456 e. The van der Waals surface area contributed by atoms with E-state index in [1.54, 1.807) is 6.07 Å². The number of carbonyl (C=O) groups excluding carboxylic acids is 2. The molecule has 0 aliphatic carbocycles. The monoisotopic (exact) mass is 408 g/mol. The Morgan fingerprint density at radius 3 is 2.43 bits per heavy atom. The molecule has 0 saturated carbocycles. The zero-order chi connectivity index (χ0) is 21.7. The molecule has 3 rings (SSSR count). The van der Waals surface area contributed by atoms with E-state index in [0.717, 1.165) is 29.8 Å². The number of para-hydroxylation sites is 1. The number of rotatable bonds is 6. The van der Waals surface area contributed by atoms with E-state index in [1.165, 1.54) is 0 Å². The van der Waals surface area contributed by atoms with Gasteiger partial charge in [0.15, 0.2) is 0 Å². The van der Waals surface area contributed by atoms with Crippen molar-refractivity contribution in [1.82, 2.24) is 0 Å². The third-order valence-corrected chi connectivity index (χ3v) is 5.16. The molecule has 0 atom stereocenters. The van der Waals surface area contributed by atoms with Crippen LogP contribution in [-0.4, -0.2) is 30.6 Å². The molecule has 0 aromatic heterocycles. The first-order valence-corrected chi connectivity index (χ1v) is 10.8. The predicted octanol–water partition coefficient (Wildman–Crippen LogP) is 5.19. The van der Waals surface area contributed by atoms with Gasteiger partial charge in [-0.25, -0.2) is 4.79 Å². The van der Waals surface area contributed by atoms with Gasteiger partial charge < -0.3 is 14.5 Å². The van der Waals surface area contributed by atoms with Crippen LogP contribution < -0.4 is 9.80 Å². The number of hydrogen-bond acceptors (Lipinski definition) is 4. The molecule has 5 heteroatoms. The second-order valence-corrected chi connectivity index (χ2v) is 8.68. The fourth-order valence-electron chi connectivity index (χ4n) is 3.79. The minimum absolute atomic E-state index is 0.111. The van der Waals surface area contributed by atoms with Gasteiger partial charge in [-0.1, -0.05) is 36.4 Å². The smallest absolute Gasteiger partial charge is 0.340 e. The van der Waals surface area contributed by atoms with Gasteiger partial charge >= 0.3 is 5.97 Å². The van der Waals surface area contributed by atoms with Gasteiger partial charge in [-0.05, 0) is 58.2 Å².